The molecular formula is C23H30N2O4S. The predicted octanol–water partition coefficient (Wildman–Crippen LogP) is 4.27. The maximum atomic E-state index is 13.7. The molecule has 0 heterocycles. The van der Waals surface area contributed by atoms with Crippen molar-refractivity contribution in [1.82, 2.24) is 4.31 Å². The average molecular weight is 431 g/mol. The fourth-order valence-electron chi connectivity index (χ4n) is 3.87. The van der Waals surface area contributed by atoms with Gasteiger partial charge in [-0.1, -0.05) is 43.0 Å². The Kier molecular flexibility index (Phi) is 7.15. The van der Waals surface area contributed by atoms with Gasteiger partial charge in [-0.2, -0.15) is 4.31 Å². The van der Waals surface area contributed by atoms with E-state index in [2.05, 4.69) is 5.32 Å². The maximum Gasteiger partial charge on any atom is 0.247 e. The van der Waals surface area contributed by atoms with E-state index in [1.54, 1.807) is 12.1 Å². The molecule has 1 fully saturated rings. The first-order valence-corrected chi connectivity index (χ1v) is 11.8. The minimum atomic E-state index is -3.91. The van der Waals surface area contributed by atoms with Gasteiger partial charge in [-0.25, -0.2) is 8.42 Å². The van der Waals surface area contributed by atoms with Crippen LogP contribution in [0.4, 0.5) is 5.69 Å². The van der Waals surface area contributed by atoms with E-state index in [-0.39, 0.29) is 23.4 Å². The third-order valence-corrected chi connectivity index (χ3v) is 7.44. The highest BCUT2D eigenvalue weighted by Crippen LogP contribution is 2.32. The quantitative estimate of drug-likeness (QED) is 0.712. The van der Waals surface area contributed by atoms with Crippen LogP contribution >= 0.6 is 0 Å². The number of methoxy groups -OCH3 is 1. The number of nitrogens with one attached hydrogen (secondary N) is 1. The van der Waals surface area contributed by atoms with Crippen LogP contribution in [0.5, 0.6) is 5.75 Å². The van der Waals surface area contributed by atoms with Gasteiger partial charge in [0.1, 0.15) is 10.6 Å². The van der Waals surface area contributed by atoms with Gasteiger partial charge in [-0.15, -0.1) is 0 Å². The maximum absolute atomic E-state index is 13.7. The summed E-state index contributed by atoms with van der Waals surface area (Å²) in [6.07, 6.45) is 4.52. The minimum Gasteiger partial charge on any atom is -0.495 e. The molecular weight excluding hydrogens is 400 g/mol. The summed E-state index contributed by atoms with van der Waals surface area (Å²) < 4.78 is 34.0. The Balaban J connectivity index is 1.91. The zero-order chi connectivity index (χ0) is 21.7. The first-order valence-electron chi connectivity index (χ1n) is 10.3. The summed E-state index contributed by atoms with van der Waals surface area (Å²) in [6.45, 7) is 3.59. The first-order chi connectivity index (χ1) is 14.3. The Hall–Kier alpha value is -2.38. The number of aryl methyl sites for hydroxylation is 2. The molecule has 1 saturated carbocycles. The highest BCUT2D eigenvalue weighted by molar-refractivity contribution is 7.89. The van der Waals surface area contributed by atoms with Crippen LogP contribution in [0.3, 0.4) is 0 Å². The van der Waals surface area contributed by atoms with E-state index >= 15 is 0 Å². The van der Waals surface area contributed by atoms with Crippen LogP contribution in [0.15, 0.2) is 47.4 Å². The lowest BCUT2D eigenvalue weighted by atomic mass is 9.95. The van der Waals surface area contributed by atoms with Gasteiger partial charge >= 0.3 is 0 Å². The number of nitrogens with zero attached hydrogens (tertiary/aromatic N) is 1. The molecule has 3 rings (SSSR count). The topological polar surface area (TPSA) is 75.7 Å². The number of hydrogen-bond donors (Lipinski definition) is 1. The fraction of sp³-hybridized carbons (Fsp3) is 0.435. The molecule has 1 N–H and O–H groups in total. The van der Waals surface area contributed by atoms with Crippen molar-refractivity contribution in [3.8, 4) is 5.75 Å². The monoisotopic (exact) mass is 430 g/mol. The Morgan fingerprint density at radius 2 is 1.67 bits per heavy atom. The van der Waals surface area contributed by atoms with E-state index in [1.807, 2.05) is 44.2 Å². The summed E-state index contributed by atoms with van der Waals surface area (Å²) in [5, 5.41) is 2.83. The van der Waals surface area contributed by atoms with E-state index in [9.17, 15) is 13.2 Å². The summed E-state index contributed by atoms with van der Waals surface area (Å²) in [4.78, 5) is 12.9. The Morgan fingerprint density at radius 1 is 1.03 bits per heavy atom. The van der Waals surface area contributed by atoms with Crippen molar-refractivity contribution >= 4 is 21.6 Å². The molecule has 1 aliphatic rings. The number of ether oxygens (including phenoxy) is 1. The molecule has 0 atom stereocenters. The van der Waals surface area contributed by atoms with Crippen LogP contribution in [-0.2, 0) is 14.8 Å². The fourth-order valence-corrected chi connectivity index (χ4v) is 5.75. The van der Waals surface area contributed by atoms with Crippen LogP contribution in [0.1, 0.15) is 43.2 Å². The number of amides is 1. The molecule has 0 bridgehead atoms. The van der Waals surface area contributed by atoms with Gasteiger partial charge in [0.25, 0.3) is 0 Å². The average Bonchev–Trinajstić information content (AvgIpc) is 2.74. The number of sulfonamides is 1. The minimum absolute atomic E-state index is 0.110. The second-order valence-corrected chi connectivity index (χ2v) is 9.77. The van der Waals surface area contributed by atoms with Crippen molar-refractivity contribution in [3.63, 3.8) is 0 Å². The Labute approximate surface area is 179 Å². The van der Waals surface area contributed by atoms with Crippen molar-refractivity contribution in [1.29, 1.82) is 0 Å². The van der Waals surface area contributed by atoms with E-state index in [1.165, 1.54) is 11.4 Å². The van der Waals surface area contributed by atoms with Crippen LogP contribution in [0, 0.1) is 13.8 Å². The van der Waals surface area contributed by atoms with Crippen molar-refractivity contribution in [3.05, 3.63) is 53.6 Å². The van der Waals surface area contributed by atoms with Crippen LogP contribution in [0.25, 0.3) is 0 Å². The molecule has 6 nitrogen and oxygen atoms in total. The third kappa shape index (κ3) is 5.21. The van der Waals surface area contributed by atoms with E-state index in [0.717, 1.165) is 43.2 Å². The van der Waals surface area contributed by atoms with Gasteiger partial charge < -0.3 is 10.1 Å². The summed E-state index contributed by atoms with van der Waals surface area (Å²) in [7, 11) is -2.46. The number of anilines is 1. The van der Waals surface area contributed by atoms with E-state index < -0.39 is 10.0 Å². The lowest BCUT2D eigenvalue weighted by molar-refractivity contribution is -0.116. The second-order valence-electron chi connectivity index (χ2n) is 7.91. The SMILES string of the molecule is COc1ccc(C)cc1S(=O)(=O)N(CC(=O)Nc1ccc(C)cc1)C1CCCCC1. The normalized spacial score (nSPS) is 15.2. The third-order valence-electron chi connectivity index (χ3n) is 5.52. The zero-order valence-corrected chi connectivity index (χ0v) is 18.7. The largest absolute Gasteiger partial charge is 0.495 e. The van der Waals surface area contributed by atoms with E-state index in [0.29, 0.717) is 11.4 Å². The number of carbonyl (C=O) groups excluding carboxylic acids is 1. The molecule has 0 aromatic heterocycles. The summed E-state index contributed by atoms with van der Waals surface area (Å²) in [5.74, 6) is -0.0556. The summed E-state index contributed by atoms with van der Waals surface area (Å²) in [5.41, 5.74) is 2.56. The van der Waals surface area contributed by atoms with Gasteiger partial charge in [-0.05, 0) is 56.5 Å². The molecule has 0 unspecified atom stereocenters. The molecule has 0 aliphatic heterocycles. The predicted molar refractivity (Wildman–Crippen MR) is 118 cm³/mol. The van der Waals surface area contributed by atoms with Gasteiger partial charge in [0, 0.05) is 11.7 Å². The molecule has 0 spiro atoms. The van der Waals surface area contributed by atoms with Crippen molar-refractivity contribution in [2.45, 2.75) is 56.9 Å². The van der Waals surface area contributed by atoms with Gasteiger partial charge in [0.05, 0.1) is 13.7 Å². The van der Waals surface area contributed by atoms with Crippen LogP contribution < -0.4 is 10.1 Å². The standard InChI is InChI=1S/C23H30N2O4S/c1-17-9-12-19(13-10-17)24-23(26)16-25(20-7-5-4-6-8-20)30(27,28)22-15-18(2)11-14-21(22)29-3/h9-15,20H,4-8,16H2,1-3H3,(H,24,26). The number of rotatable bonds is 7. The highest BCUT2D eigenvalue weighted by Gasteiger charge is 2.35. The zero-order valence-electron chi connectivity index (χ0n) is 17.8. The molecule has 1 aliphatic carbocycles. The molecule has 2 aromatic carbocycles. The lowest BCUT2D eigenvalue weighted by Gasteiger charge is -2.33. The van der Waals surface area contributed by atoms with Crippen LogP contribution in [-0.4, -0.2) is 38.3 Å². The molecule has 1 amide bonds. The van der Waals surface area contributed by atoms with Gasteiger partial charge in [-0.3, -0.25) is 4.79 Å². The summed E-state index contributed by atoms with van der Waals surface area (Å²) in [6, 6.07) is 12.3. The summed E-state index contributed by atoms with van der Waals surface area (Å²) >= 11 is 0. The van der Waals surface area contributed by atoms with Crippen molar-refractivity contribution in [2.24, 2.45) is 0 Å². The molecule has 2 aromatic rings. The van der Waals surface area contributed by atoms with Gasteiger partial charge in [0.15, 0.2) is 0 Å². The number of carbonyl (C=O) groups is 1. The van der Waals surface area contributed by atoms with Crippen LogP contribution in [0.2, 0.25) is 0 Å². The Morgan fingerprint density at radius 3 is 2.30 bits per heavy atom. The van der Waals surface area contributed by atoms with E-state index in [4.69, 9.17) is 4.74 Å². The number of hydrogen-bond acceptors (Lipinski definition) is 4. The Bertz CT molecular complexity index is 981. The molecule has 162 valence electrons. The van der Waals surface area contributed by atoms with Crippen molar-refractivity contribution in [2.75, 3.05) is 19.0 Å². The molecule has 7 heteroatoms. The molecule has 0 radical (unpaired) electrons. The molecule has 30 heavy (non-hydrogen) atoms. The van der Waals surface area contributed by atoms with Gasteiger partial charge in [0.2, 0.25) is 15.9 Å². The van der Waals surface area contributed by atoms with Crippen molar-refractivity contribution < 1.29 is 17.9 Å². The smallest absolute Gasteiger partial charge is 0.247 e. The first kappa shape index (κ1) is 22.3. The number of benzene rings is 2. The molecule has 0 saturated heterocycles. The second kappa shape index (κ2) is 9.62. The highest BCUT2D eigenvalue weighted by atomic mass is 32.2. The lowest BCUT2D eigenvalue weighted by Crippen LogP contribution is -2.45.